The number of fused-ring (bicyclic) bond motifs is 1. The van der Waals surface area contributed by atoms with Crippen LogP contribution in [0.3, 0.4) is 0 Å². The zero-order valence-electron chi connectivity index (χ0n) is 57.4. The van der Waals surface area contributed by atoms with Crippen molar-refractivity contribution in [2.75, 3.05) is 33.7 Å². The topological polar surface area (TPSA) is 406 Å². The van der Waals surface area contributed by atoms with Gasteiger partial charge < -0.3 is 63.9 Å². The van der Waals surface area contributed by atoms with Crippen molar-refractivity contribution in [2.45, 2.75) is 220 Å². The molecule has 26 heteroatoms. The third-order valence-electron chi connectivity index (χ3n) is 17.2. The summed E-state index contributed by atoms with van der Waals surface area (Å²) in [6.45, 7) is 16.6. The van der Waals surface area contributed by atoms with E-state index in [4.69, 9.17) is 11.5 Å². The first-order valence-corrected chi connectivity index (χ1v) is 32.9. The highest BCUT2D eigenvalue weighted by atomic mass is 16.2. The number of H-pyrrole nitrogens is 1. The molecule has 3 rings (SSSR count). The van der Waals surface area contributed by atoms with E-state index in [2.05, 4.69) is 47.5 Å². The number of hydrogen-bond donors (Lipinski definition) is 11. The summed E-state index contributed by atoms with van der Waals surface area (Å²) in [6, 6.07) is -1.41. The average molecular weight is 1320 g/mol. The molecule has 13 N–H and O–H groups in total. The molecule has 0 saturated heterocycles. The maximum Gasteiger partial charge on any atom is 0.246 e. The fourth-order valence-electron chi connectivity index (χ4n) is 11.1. The second kappa shape index (κ2) is 38.5. The highest BCUT2D eigenvalue weighted by molar-refractivity contribution is 6.41. The van der Waals surface area contributed by atoms with Crippen molar-refractivity contribution in [1.29, 1.82) is 0 Å². The molecule has 1 aliphatic rings. The number of carbonyl (C=O) groups excluding carboxylic acids is 14. The molecule has 94 heavy (non-hydrogen) atoms. The Morgan fingerprint density at radius 1 is 0.681 bits per heavy atom. The van der Waals surface area contributed by atoms with Crippen LogP contribution in [-0.4, -0.2) is 173 Å². The summed E-state index contributed by atoms with van der Waals surface area (Å²) >= 11 is 0. The van der Waals surface area contributed by atoms with Crippen LogP contribution in [0.5, 0.6) is 0 Å². The Balaban J connectivity index is 1.92. The Morgan fingerprint density at radius 2 is 1.26 bits per heavy atom. The van der Waals surface area contributed by atoms with Crippen LogP contribution in [0.25, 0.3) is 10.9 Å². The van der Waals surface area contributed by atoms with Crippen LogP contribution in [0, 0.1) is 29.1 Å². The Kier molecular flexibility index (Phi) is 32.9. The molecule has 0 fully saturated rings. The van der Waals surface area contributed by atoms with Gasteiger partial charge in [-0.1, -0.05) is 77.3 Å². The van der Waals surface area contributed by atoms with Gasteiger partial charge >= 0.3 is 0 Å². The molecule has 8 amide bonds. The Morgan fingerprint density at radius 3 is 1.85 bits per heavy atom. The number of benzene rings is 1. The summed E-state index contributed by atoms with van der Waals surface area (Å²) < 4.78 is 0. The van der Waals surface area contributed by atoms with E-state index >= 15 is 0 Å². The number of nitrogens with zero attached hydrogens (tertiary/aromatic N) is 1. The van der Waals surface area contributed by atoms with Crippen molar-refractivity contribution in [3.8, 4) is 0 Å². The number of aromatic amines is 1. The fourth-order valence-corrected chi connectivity index (χ4v) is 11.1. The second-order valence-electron chi connectivity index (χ2n) is 26.8. The summed E-state index contributed by atoms with van der Waals surface area (Å²) in [7, 11) is 3.54. The molecule has 3 unspecified atom stereocenters. The van der Waals surface area contributed by atoms with Crippen molar-refractivity contribution >= 4 is 92.9 Å². The lowest BCUT2D eigenvalue weighted by Crippen LogP contribution is -2.62. The summed E-state index contributed by atoms with van der Waals surface area (Å²) in [5.41, 5.74) is 9.58. The molecular formula is C68H106N12O14. The molecule has 1 aliphatic heterocycles. The molecular weight excluding hydrogens is 1210 g/mol. The van der Waals surface area contributed by atoms with Crippen LogP contribution in [0.2, 0.25) is 0 Å². The van der Waals surface area contributed by atoms with E-state index in [0.29, 0.717) is 25.7 Å². The molecule has 1 aromatic heterocycles. The number of aromatic nitrogens is 1. The minimum absolute atomic E-state index is 0.0393. The monoisotopic (exact) mass is 1310 g/mol. The van der Waals surface area contributed by atoms with Gasteiger partial charge in [-0.3, -0.25) is 67.1 Å². The van der Waals surface area contributed by atoms with E-state index < -0.39 is 141 Å². The number of ketones is 6. The lowest BCUT2D eigenvalue weighted by atomic mass is 9.73. The van der Waals surface area contributed by atoms with E-state index in [-0.39, 0.29) is 82.1 Å². The van der Waals surface area contributed by atoms with Crippen molar-refractivity contribution in [2.24, 2.45) is 40.6 Å². The van der Waals surface area contributed by atoms with Gasteiger partial charge in [-0.2, -0.15) is 0 Å². The third-order valence-corrected chi connectivity index (χ3v) is 17.2. The molecule has 26 nitrogen and oxygen atoms in total. The number of allylic oxidation sites excluding steroid dienone is 2. The summed E-state index contributed by atoms with van der Waals surface area (Å²) in [4.78, 5) is 195. The van der Waals surface area contributed by atoms with E-state index in [1.165, 1.54) is 48.5 Å². The van der Waals surface area contributed by atoms with Crippen LogP contribution in [0.15, 0.2) is 42.6 Å². The van der Waals surface area contributed by atoms with E-state index in [0.717, 1.165) is 42.1 Å². The largest absolute Gasteiger partial charge is 0.370 e. The highest BCUT2D eigenvalue weighted by Gasteiger charge is 2.41. The number of carbonyl (C=O) groups is 14. The minimum atomic E-state index is -1.67. The van der Waals surface area contributed by atoms with E-state index in [1.54, 1.807) is 39.0 Å². The lowest BCUT2D eigenvalue weighted by molar-refractivity contribution is -0.141. The number of nitrogens with one attached hydrogen (secondary N) is 9. The van der Waals surface area contributed by atoms with Crippen molar-refractivity contribution in [1.82, 2.24) is 52.4 Å². The molecule has 2 heterocycles. The number of hydrogen-bond acceptors (Lipinski definition) is 17. The average Bonchev–Trinajstić information content (AvgIpc) is 1.44. The van der Waals surface area contributed by atoms with E-state index in [9.17, 15) is 67.1 Å². The standard InChI is InChI=1S/C68H106N12O14/c1-39(2)31-49-37-73-53(27-28-55(69)83)59(87)58(86)43(6)75-64(92)47(32-48-36-72-52-26-22-21-25-51(48)52)33-54(82)67(10,34-50(81)38-80(12)13)29-23-19-17-15-14-16-18-20-24-30-68(11,79-65(49)93)66(94)78-46(9)63(91)77-45(8)62(90)76-44(7)61(89)74-42(5)57(85)56(84)41(4)71-35-40(3)60(70)88/h16,18,21-22,25-26,36,39-47,49,53,71-73H,14-15,17,19-20,23-24,27-35,37-38H2,1-13H3,(H2,69,83)(H2,70,88)(H,74,89)(H,75,92)(H,76,90)(H,77,91)(H,78,94)(H,79,93)/b18-16+/t40-,41-,42-,43?,44?,45-,46?,47+,49+,53-,67-,68-/m0/s1. The lowest BCUT2D eigenvalue weighted by Gasteiger charge is -2.33. The zero-order chi connectivity index (χ0) is 70.8. The van der Waals surface area contributed by atoms with Gasteiger partial charge in [-0.25, -0.2) is 0 Å². The predicted molar refractivity (Wildman–Crippen MR) is 356 cm³/mol. The number of Topliss-reactive ketones (excluding diaryl/α,β-unsaturated/α-hetero) is 6. The Hall–Kier alpha value is -7.84. The molecule has 1 aromatic carbocycles. The van der Waals surface area contributed by atoms with Crippen LogP contribution in [0.1, 0.15) is 172 Å². The van der Waals surface area contributed by atoms with Crippen LogP contribution in [0.4, 0.5) is 0 Å². The van der Waals surface area contributed by atoms with Gasteiger partial charge in [0.15, 0.2) is 0 Å². The summed E-state index contributed by atoms with van der Waals surface area (Å²) in [5, 5.41) is 22.3. The molecule has 2 aromatic rings. The highest BCUT2D eigenvalue weighted by Crippen LogP contribution is 2.35. The van der Waals surface area contributed by atoms with Gasteiger partial charge in [0.1, 0.15) is 35.2 Å². The number of likely N-dealkylation sites (N-methyl/N-ethyl adjacent to an activating group) is 1. The van der Waals surface area contributed by atoms with Gasteiger partial charge in [-0.15, -0.1) is 0 Å². The second-order valence-corrected chi connectivity index (χ2v) is 26.8. The molecule has 0 spiro atoms. The van der Waals surface area contributed by atoms with Crippen molar-refractivity contribution < 1.29 is 67.1 Å². The molecule has 0 aliphatic carbocycles. The third kappa shape index (κ3) is 26.2. The molecule has 522 valence electrons. The van der Waals surface area contributed by atoms with Crippen LogP contribution >= 0.6 is 0 Å². The minimum Gasteiger partial charge on any atom is -0.370 e. The predicted octanol–water partition coefficient (Wildman–Crippen LogP) is 2.55. The van der Waals surface area contributed by atoms with Crippen molar-refractivity contribution in [3.05, 3.63) is 48.2 Å². The first kappa shape index (κ1) is 80.4. The summed E-state index contributed by atoms with van der Waals surface area (Å²) in [5.74, 6) is -12.8. The number of rotatable bonds is 26. The maximum absolute atomic E-state index is 14.8. The number of para-hydroxylation sites is 1. The van der Waals surface area contributed by atoms with E-state index in [1.807, 2.05) is 50.3 Å². The number of primary amides is 2. The molecule has 12 atom stereocenters. The van der Waals surface area contributed by atoms with Crippen LogP contribution < -0.4 is 54.0 Å². The van der Waals surface area contributed by atoms with Crippen molar-refractivity contribution in [3.63, 3.8) is 0 Å². The fraction of sp³-hybridized carbons (Fsp3) is 0.647. The molecule has 0 bridgehead atoms. The molecule has 0 saturated carbocycles. The maximum atomic E-state index is 14.8. The number of nitrogens with two attached hydrogens (primary N) is 2. The first-order valence-electron chi connectivity index (χ1n) is 32.9. The van der Waals surface area contributed by atoms with Gasteiger partial charge in [0.2, 0.25) is 70.4 Å². The quantitative estimate of drug-likeness (QED) is 0.0476. The normalized spacial score (nSPS) is 23.6. The Bertz CT molecular complexity index is 3050. The summed E-state index contributed by atoms with van der Waals surface area (Å²) in [6.07, 6.45) is 10.2. The first-order chi connectivity index (χ1) is 44.0. The Labute approximate surface area is 553 Å². The SMILES string of the molecule is CC(C)C[C@@H]1CN[C@@H](CCC(N)=O)C(=O)C(=O)C(C)NC(=O)[C@H](Cc2c[nH]c3ccccc23)CC(=O)[C@](C)(CC(=O)CN(C)C)CCCCCC/C=C/CCC[C@@](C)(C(=O)NC(C)C(=O)N[C@@H](C)C(=O)NC(C)C(=O)N[C@@H](C)C(=O)C(=O)[C@H](C)NC[C@H](C)C(N)=O)NC1=O. The van der Waals surface area contributed by atoms with Gasteiger partial charge in [0, 0.05) is 66.7 Å². The number of amides is 8. The van der Waals surface area contributed by atoms with Gasteiger partial charge in [0.25, 0.3) is 0 Å². The zero-order valence-corrected chi connectivity index (χ0v) is 57.4. The van der Waals surface area contributed by atoms with Gasteiger partial charge in [-0.05, 0) is 138 Å². The van der Waals surface area contributed by atoms with Crippen LogP contribution in [-0.2, 0) is 73.5 Å². The smallest absolute Gasteiger partial charge is 0.246 e. The van der Waals surface area contributed by atoms with Gasteiger partial charge in [0.05, 0.1) is 36.6 Å². The molecule has 0 radical (unpaired) electrons.